The number of thiazole rings is 1. The smallest absolute Gasteiger partial charge is 0.306 e. The second-order valence-corrected chi connectivity index (χ2v) is 5.16. The van der Waals surface area contributed by atoms with Crippen LogP contribution >= 0.6 is 11.3 Å². The van der Waals surface area contributed by atoms with E-state index in [1.807, 2.05) is 5.38 Å². The molecule has 0 saturated heterocycles. The maximum Gasteiger partial charge on any atom is 0.306 e. The number of unbranched alkanes of at least 4 members (excludes halogenated alkanes) is 1. The Bertz CT molecular complexity index is 434. The first kappa shape index (κ1) is 16.4. The number of amides is 1. The zero-order chi connectivity index (χ0) is 14.8. The van der Waals surface area contributed by atoms with Crippen LogP contribution in [0.5, 0.6) is 0 Å². The Morgan fingerprint density at radius 3 is 2.90 bits per heavy atom. The lowest BCUT2D eigenvalue weighted by molar-refractivity contribution is -0.143. The van der Waals surface area contributed by atoms with Crippen LogP contribution in [0.3, 0.4) is 0 Å². The lowest BCUT2D eigenvalue weighted by atomic mass is 10.2. The van der Waals surface area contributed by atoms with Crippen LogP contribution in [0.25, 0.3) is 0 Å². The van der Waals surface area contributed by atoms with E-state index < -0.39 is 0 Å². The van der Waals surface area contributed by atoms with Gasteiger partial charge in [0, 0.05) is 24.8 Å². The second kappa shape index (κ2) is 9.30. The number of ether oxygens (including phenoxy) is 1. The van der Waals surface area contributed by atoms with Crippen molar-refractivity contribution >= 4 is 28.3 Å². The molecule has 1 aromatic heterocycles. The minimum absolute atomic E-state index is 0.193. The molecule has 6 nitrogen and oxygen atoms in total. The molecule has 7 heteroatoms. The average molecular weight is 299 g/mol. The summed E-state index contributed by atoms with van der Waals surface area (Å²) in [6, 6.07) is 0. The molecule has 0 aliphatic carbocycles. The molecular weight excluding hydrogens is 278 g/mol. The number of nitrogens with one attached hydrogen (secondary N) is 1. The van der Waals surface area contributed by atoms with Crippen molar-refractivity contribution < 1.29 is 14.3 Å². The van der Waals surface area contributed by atoms with Crippen molar-refractivity contribution in [1.29, 1.82) is 0 Å². The number of hydrogen-bond acceptors (Lipinski definition) is 6. The molecule has 1 amide bonds. The van der Waals surface area contributed by atoms with Crippen molar-refractivity contribution in [2.24, 2.45) is 5.73 Å². The van der Waals surface area contributed by atoms with Gasteiger partial charge in [-0.2, -0.15) is 0 Å². The van der Waals surface area contributed by atoms with E-state index in [-0.39, 0.29) is 11.9 Å². The predicted molar refractivity (Wildman–Crippen MR) is 78.6 cm³/mol. The molecule has 0 saturated carbocycles. The van der Waals surface area contributed by atoms with Gasteiger partial charge in [-0.25, -0.2) is 4.98 Å². The average Bonchev–Trinajstić information content (AvgIpc) is 2.84. The molecular formula is C13H21N3O3S. The molecule has 1 rings (SSSR count). The van der Waals surface area contributed by atoms with Gasteiger partial charge in [-0.3, -0.25) is 9.59 Å². The van der Waals surface area contributed by atoms with Crippen LogP contribution in [-0.4, -0.2) is 30.0 Å². The molecule has 0 aromatic carbocycles. The Kier molecular flexibility index (Phi) is 7.64. The van der Waals surface area contributed by atoms with Gasteiger partial charge in [0.05, 0.1) is 18.7 Å². The molecule has 3 N–H and O–H groups in total. The zero-order valence-electron chi connectivity index (χ0n) is 11.7. The van der Waals surface area contributed by atoms with E-state index in [0.717, 1.165) is 30.2 Å². The summed E-state index contributed by atoms with van der Waals surface area (Å²) < 4.78 is 4.86. The fourth-order valence-corrected chi connectivity index (χ4v) is 2.36. The van der Waals surface area contributed by atoms with Gasteiger partial charge >= 0.3 is 5.97 Å². The molecule has 0 aliphatic rings. The van der Waals surface area contributed by atoms with Gasteiger partial charge in [0.2, 0.25) is 5.91 Å². The molecule has 0 aliphatic heterocycles. The first-order chi connectivity index (χ1) is 9.61. The van der Waals surface area contributed by atoms with Crippen molar-refractivity contribution in [1.82, 2.24) is 4.98 Å². The minimum atomic E-state index is -0.263. The van der Waals surface area contributed by atoms with Gasteiger partial charge in [0.25, 0.3) is 0 Å². The number of nitrogens with zero attached hydrogens (tertiary/aromatic N) is 1. The highest BCUT2D eigenvalue weighted by molar-refractivity contribution is 7.13. The molecule has 0 bridgehead atoms. The Balaban J connectivity index is 2.19. The first-order valence-corrected chi connectivity index (χ1v) is 7.62. The third-order valence-electron chi connectivity index (χ3n) is 2.57. The summed E-state index contributed by atoms with van der Waals surface area (Å²) in [5, 5.41) is 5.96. The van der Waals surface area contributed by atoms with Crippen molar-refractivity contribution in [3.05, 3.63) is 11.1 Å². The van der Waals surface area contributed by atoms with Crippen LogP contribution < -0.4 is 11.1 Å². The van der Waals surface area contributed by atoms with Gasteiger partial charge < -0.3 is 15.8 Å². The number of anilines is 1. The van der Waals surface area contributed by atoms with Crippen LogP contribution in [0.2, 0.25) is 0 Å². The maximum absolute atomic E-state index is 11.2. The van der Waals surface area contributed by atoms with Gasteiger partial charge in [-0.15, -0.1) is 11.3 Å². The van der Waals surface area contributed by atoms with Gasteiger partial charge in [-0.1, -0.05) is 0 Å². The Morgan fingerprint density at radius 2 is 2.20 bits per heavy atom. The lowest BCUT2D eigenvalue weighted by Gasteiger charge is -2.01. The fraction of sp³-hybridized carbons (Fsp3) is 0.615. The third-order valence-corrected chi connectivity index (χ3v) is 3.42. The van der Waals surface area contributed by atoms with Gasteiger partial charge in [-0.05, 0) is 19.8 Å². The third kappa shape index (κ3) is 7.08. The summed E-state index contributed by atoms with van der Waals surface area (Å²) >= 11 is 1.51. The maximum atomic E-state index is 11.2. The topological polar surface area (TPSA) is 94.3 Å². The van der Waals surface area contributed by atoms with Crippen molar-refractivity contribution in [3.63, 3.8) is 0 Å². The number of esters is 1. The van der Waals surface area contributed by atoms with E-state index >= 15 is 0 Å². The molecule has 20 heavy (non-hydrogen) atoms. The normalized spacial score (nSPS) is 10.2. The summed E-state index contributed by atoms with van der Waals surface area (Å²) in [5.41, 5.74) is 5.95. The second-order valence-electron chi connectivity index (χ2n) is 4.30. The van der Waals surface area contributed by atoms with Crippen LogP contribution in [0.15, 0.2) is 5.38 Å². The summed E-state index contributed by atoms with van der Waals surface area (Å²) in [6.07, 6.45) is 3.03. The van der Waals surface area contributed by atoms with Crippen LogP contribution in [-0.2, 0) is 20.7 Å². The number of rotatable bonds is 10. The number of carbonyl (C=O) groups excluding carboxylic acids is 2. The molecule has 0 radical (unpaired) electrons. The van der Waals surface area contributed by atoms with Crippen LogP contribution in [0.1, 0.15) is 38.3 Å². The first-order valence-electron chi connectivity index (χ1n) is 6.74. The molecule has 0 atom stereocenters. The fourth-order valence-electron chi connectivity index (χ4n) is 1.59. The summed E-state index contributed by atoms with van der Waals surface area (Å²) in [6.45, 7) is 2.97. The number of primary amides is 1. The minimum Gasteiger partial charge on any atom is -0.466 e. The Hall–Kier alpha value is -1.63. The van der Waals surface area contributed by atoms with Crippen LogP contribution in [0.4, 0.5) is 5.13 Å². The largest absolute Gasteiger partial charge is 0.466 e. The molecule has 1 aromatic rings. The van der Waals surface area contributed by atoms with Crippen molar-refractivity contribution in [2.45, 2.75) is 39.0 Å². The highest BCUT2D eigenvalue weighted by atomic mass is 32.1. The van der Waals surface area contributed by atoms with Gasteiger partial charge in [0.1, 0.15) is 0 Å². The van der Waals surface area contributed by atoms with Crippen molar-refractivity contribution in [3.8, 4) is 0 Å². The predicted octanol–water partition coefficient (Wildman–Crippen LogP) is 1.71. The van der Waals surface area contributed by atoms with E-state index in [1.54, 1.807) is 6.92 Å². The Labute approximate surface area is 122 Å². The summed E-state index contributed by atoms with van der Waals surface area (Å²) in [4.78, 5) is 26.2. The van der Waals surface area contributed by atoms with E-state index in [2.05, 4.69) is 10.3 Å². The van der Waals surface area contributed by atoms with E-state index in [9.17, 15) is 9.59 Å². The Morgan fingerprint density at radius 1 is 1.40 bits per heavy atom. The molecule has 0 spiro atoms. The zero-order valence-corrected chi connectivity index (χ0v) is 12.5. The number of nitrogens with two attached hydrogens (primary N) is 1. The molecule has 0 unspecified atom stereocenters. The lowest BCUT2D eigenvalue weighted by Crippen LogP contribution is -2.10. The number of carbonyl (C=O) groups is 2. The highest BCUT2D eigenvalue weighted by Crippen LogP contribution is 2.16. The monoisotopic (exact) mass is 299 g/mol. The number of hydrogen-bond donors (Lipinski definition) is 2. The summed E-state index contributed by atoms with van der Waals surface area (Å²) in [7, 11) is 0. The molecule has 112 valence electrons. The van der Waals surface area contributed by atoms with Crippen LogP contribution in [0, 0.1) is 0 Å². The standard InChI is InChI=1S/C13H21N3O3S/c1-2-19-12(18)7-6-10-9-20-13(16-10)15-8-4-3-5-11(14)17/h9H,2-8H2,1H3,(H2,14,17)(H,15,16). The number of aromatic nitrogens is 1. The quantitative estimate of drug-likeness (QED) is 0.506. The van der Waals surface area contributed by atoms with E-state index in [1.165, 1.54) is 11.3 Å². The SMILES string of the molecule is CCOC(=O)CCc1csc(NCCCCC(N)=O)n1. The summed E-state index contributed by atoms with van der Waals surface area (Å²) in [5.74, 6) is -0.457. The van der Waals surface area contributed by atoms with Crippen molar-refractivity contribution in [2.75, 3.05) is 18.5 Å². The molecule has 0 fully saturated rings. The van der Waals surface area contributed by atoms with E-state index in [4.69, 9.17) is 10.5 Å². The molecule has 1 heterocycles. The van der Waals surface area contributed by atoms with Gasteiger partial charge in [0.15, 0.2) is 5.13 Å². The number of aryl methyl sites for hydroxylation is 1. The highest BCUT2D eigenvalue weighted by Gasteiger charge is 2.06. The van der Waals surface area contributed by atoms with E-state index in [0.29, 0.717) is 25.9 Å².